The number of nitrogens with two attached hydrogens (primary N) is 1. The van der Waals surface area contributed by atoms with Gasteiger partial charge in [-0.3, -0.25) is 0 Å². The van der Waals surface area contributed by atoms with E-state index in [-0.39, 0.29) is 10.9 Å². The van der Waals surface area contributed by atoms with Crippen molar-refractivity contribution in [2.24, 2.45) is 0 Å². The molecule has 1 aliphatic heterocycles. The maximum Gasteiger partial charge on any atom is 0.243 e. The second kappa shape index (κ2) is 5.11. The molecule has 0 spiro atoms. The quantitative estimate of drug-likeness (QED) is 0.842. The molecule has 2 unspecified atom stereocenters. The average molecular weight is 286 g/mol. The standard InChI is InChI=1S/C12H18N2O2S2/c1-9-10(2)17-7-6-14(9)18(15,16)12-5-3-4-11(13)8-12/h3-5,8-10H,6-7,13H2,1-2H3. The van der Waals surface area contributed by atoms with Crippen molar-refractivity contribution in [2.75, 3.05) is 18.0 Å². The normalized spacial score (nSPS) is 26.1. The van der Waals surface area contributed by atoms with Crippen LogP contribution >= 0.6 is 11.8 Å². The van der Waals surface area contributed by atoms with Gasteiger partial charge in [0.05, 0.1) is 4.90 Å². The number of thioether (sulfide) groups is 1. The van der Waals surface area contributed by atoms with Crippen LogP contribution in [-0.4, -0.2) is 36.3 Å². The van der Waals surface area contributed by atoms with E-state index in [9.17, 15) is 8.42 Å². The van der Waals surface area contributed by atoms with Crippen LogP contribution in [0.3, 0.4) is 0 Å². The number of hydrogen-bond donors (Lipinski definition) is 1. The Bertz CT molecular complexity index is 531. The molecule has 1 aromatic rings. The topological polar surface area (TPSA) is 63.4 Å². The third-order valence-corrected chi connectivity index (χ3v) is 6.61. The van der Waals surface area contributed by atoms with Crippen LogP contribution in [-0.2, 0) is 10.0 Å². The highest BCUT2D eigenvalue weighted by Gasteiger charge is 2.34. The van der Waals surface area contributed by atoms with E-state index < -0.39 is 10.0 Å². The molecule has 0 aliphatic carbocycles. The molecule has 1 aliphatic rings. The Morgan fingerprint density at radius 2 is 2.11 bits per heavy atom. The maximum atomic E-state index is 12.6. The number of sulfonamides is 1. The molecule has 1 heterocycles. The zero-order chi connectivity index (χ0) is 13.3. The van der Waals surface area contributed by atoms with Gasteiger partial charge >= 0.3 is 0 Å². The van der Waals surface area contributed by atoms with Crippen LogP contribution < -0.4 is 5.73 Å². The zero-order valence-corrected chi connectivity index (χ0v) is 12.2. The number of nitrogen functional groups attached to an aromatic ring is 1. The molecule has 2 rings (SSSR count). The average Bonchev–Trinajstić information content (AvgIpc) is 2.32. The van der Waals surface area contributed by atoms with Crippen molar-refractivity contribution < 1.29 is 8.42 Å². The molecule has 1 saturated heterocycles. The molecule has 100 valence electrons. The minimum atomic E-state index is -3.43. The minimum absolute atomic E-state index is 0.00943. The van der Waals surface area contributed by atoms with Crippen molar-refractivity contribution in [2.45, 2.75) is 30.0 Å². The Kier molecular flexibility index (Phi) is 3.89. The molecule has 2 N–H and O–H groups in total. The van der Waals surface area contributed by atoms with Gasteiger partial charge in [-0.2, -0.15) is 16.1 Å². The fourth-order valence-corrected chi connectivity index (χ4v) is 5.11. The minimum Gasteiger partial charge on any atom is -0.399 e. The highest BCUT2D eigenvalue weighted by Crippen LogP contribution is 2.29. The van der Waals surface area contributed by atoms with Crippen molar-refractivity contribution in [1.82, 2.24) is 4.31 Å². The maximum absolute atomic E-state index is 12.6. The predicted molar refractivity (Wildman–Crippen MR) is 76.1 cm³/mol. The highest BCUT2D eigenvalue weighted by molar-refractivity contribution is 8.00. The molecule has 0 radical (unpaired) electrons. The molecule has 18 heavy (non-hydrogen) atoms. The van der Waals surface area contributed by atoms with Crippen LogP contribution in [0.1, 0.15) is 13.8 Å². The number of hydrogen-bond acceptors (Lipinski definition) is 4. The van der Waals surface area contributed by atoms with Gasteiger partial charge in [0.25, 0.3) is 0 Å². The number of anilines is 1. The van der Waals surface area contributed by atoms with Gasteiger partial charge < -0.3 is 5.73 Å². The molecule has 1 fully saturated rings. The van der Waals surface area contributed by atoms with Crippen LogP contribution in [0.15, 0.2) is 29.2 Å². The number of benzene rings is 1. The lowest BCUT2D eigenvalue weighted by atomic mass is 10.2. The van der Waals surface area contributed by atoms with E-state index in [4.69, 9.17) is 5.73 Å². The van der Waals surface area contributed by atoms with Crippen LogP contribution in [0.4, 0.5) is 5.69 Å². The lowest BCUT2D eigenvalue weighted by molar-refractivity contribution is 0.340. The van der Waals surface area contributed by atoms with Crippen molar-refractivity contribution in [3.8, 4) is 0 Å². The third-order valence-electron chi connectivity index (χ3n) is 3.29. The van der Waals surface area contributed by atoms with Gasteiger partial charge in [0.1, 0.15) is 0 Å². The Labute approximate surface area is 113 Å². The van der Waals surface area contributed by atoms with Crippen LogP contribution in [0.5, 0.6) is 0 Å². The first-order valence-electron chi connectivity index (χ1n) is 5.92. The van der Waals surface area contributed by atoms with E-state index in [1.54, 1.807) is 22.5 Å². The summed E-state index contributed by atoms with van der Waals surface area (Å²) in [5.74, 6) is 0.840. The summed E-state index contributed by atoms with van der Waals surface area (Å²) in [6.07, 6.45) is 0. The first-order valence-corrected chi connectivity index (χ1v) is 8.41. The molecule has 0 amide bonds. The number of nitrogens with zero attached hydrogens (tertiary/aromatic N) is 1. The summed E-state index contributed by atoms with van der Waals surface area (Å²) < 4.78 is 26.7. The van der Waals surface area contributed by atoms with E-state index in [0.717, 1.165) is 5.75 Å². The van der Waals surface area contributed by atoms with Gasteiger partial charge in [-0.1, -0.05) is 13.0 Å². The van der Waals surface area contributed by atoms with E-state index >= 15 is 0 Å². The van der Waals surface area contributed by atoms with Crippen LogP contribution in [0.25, 0.3) is 0 Å². The molecule has 0 bridgehead atoms. The van der Waals surface area contributed by atoms with E-state index in [2.05, 4.69) is 6.92 Å². The summed E-state index contributed by atoms with van der Waals surface area (Å²) in [5, 5.41) is 0.314. The summed E-state index contributed by atoms with van der Waals surface area (Å²) in [7, 11) is -3.43. The van der Waals surface area contributed by atoms with Crippen molar-refractivity contribution >= 4 is 27.5 Å². The highest BCUT2D eigenvalue weighted by atomic mass is 32.2. The van der Waals surface area contributed by atoms with E-state index in [1.165, 1.54) is 6.07 Å². The fraction of sp³-hybridized carbons (Fsp3) is 0.500. The first-order chi connectivity index (χ1) is 8.43. The predicted octanol–water partition coefficient (Wildman–Crippen LogP) is 1.78. The summed E-state index contributed by atoms with van der Waals surface area (Å²) in [4.78, 5) is 0.286. The zero-order valence-electron chi connectivity index (χ0n) is 10.5. The summed E-state index contributed by atoms with van der Waals surface area (Å²) in [6.45, 7) is 4.59. The Morgan fingerprint density at radius 3 is 2.78 bits per heavy atom. The van der Waals surface area contributed by atoms with Gasteiger partial charge in [0.15, 0.2) is 0 Å². The molecular formula is C12H18N2O2S2. The molecule has 0 saturated carbocycles. The molecule has 2 atom stereocenters. The van der Waals surface area contributed by atoms with Crippen molar-refractivity contribution in [1.29, 1.82) is 0 Å². The van der Waals surface area contributed by atoms with Crippen LogP contribution in [0, 0.1) is 0 Å². The largest absolute Gasteiger partial charge is 0.399 e. The third kappa shape index (κ3) is 2.50. The molecule has 4 nitrogen and oxygen atoms in total. The van der Waals surface area contributed by atoms with Gasteiger partial charge in [0.2, 0.25) is 10.0 Å². The molecular weight excluding hydrogens is 268 g/mol. The van der Waals surface area contributed by atoms with Crippen LogP contribution in [0.2, 0.25) is 0 Å². The lowest BCUT2D eigenvalue weighted by Gasteiger charge is -2.36. The molecule has 0 aromatic heterocycles. The number of rotatable bonds is 2. The Morgan fingerprint density at radius 1 is 1.39 bits per heavy atom. The monoisotopic (exact) mass is 286 g/mol. The van der Waals surface area contributed by atoms with Gasteiger partial charge in [-0.25, -0.2) is 8.42 Å². The second-order valence-electron chi connectivity index (χ2n) is 4.50. The second-order valence-corrected chi connectivity index (χ2v) is 7.88. The first kappa shape index (κ1) is 13.7. The Hall–Kier alpha value is -0.720. The summed E-state index contributed by atoms with van der Waals surface area (Å²) in [5.41, 5.74) is 6.13. The molecule has 1 aromatic carbocycles. The fourth-order valence-electron chi connectivity index (χ4n) is 2.06. The molecule has 6 heteroatoms. The van der Waals surface area contributed by atoms with E-state index in [0.29, 0.717) is 17.5 Å². The van der Waals surface area contributed by atoms with Gasteiger partial charge in [-0.05, 0) is 25.1 Å². The summed E-state index contributed by atoms with van der Waals surface area (Å²) >= 11 is 1.81. The smallest absolute Gasteiger partial charge is 0.243 e. The van der Waals surface area contributed by atoms with E-state index in [1.807, 2.05) is 18.7 Å². The SMILES string of the molecule is CC1SCCN(S(=O)(=O)c2cccc(N)c2)C1C. The Balaban J connectivity index is 2.36. The van der Waals surface area contributed by atoms with Crippen molar-refractivity contribution in [3.05, 3.63) is 24.3 Å². The lowest BCUT2D eigenvalue weighted by Crippen LogP contribution is -2.47. The van der Waals surface area contributed by atoms with Gasteiger partial charge in [0, 0.05) is 29.3 Å². The van der Waals surface area contributed by atoms with Gasteiger partial charge in [-0.15, -0.1) is 0 Å². The van der Waals surface area contributed by atoms with Crippen molar-refractivity contribution in [3.63, 3.8) is 0 Å². The summed E-state index contributed by atoms with van der Waals surface area (Å²) in [6, 6.07) is 6.50.